The maximum Gasteiger partial charge on any atom is 0.237 e. The molecule has 2 atom stereocenters. The van der Waals surface area contributed by atoms with Gasteiger partial charge < -0.3 is 19.7 Å². The molecule has 1 aliphatic heterocycles. The molecule has 0 aromatic carbocycles. The molecule has 2 aliphatic rings. The number of fused-ring (bicyclic) bond motifs is 1. The Hall–Kier alpha value is -1.89. The smallest absolute Gasteiger partial charge is 0.237 e. The molecule has 1 aromatic heterocycles. The van der Waals surface area contributed by atoms with E-state index in [2.05, 4.69) is 35.9 Å². The van der Waals surface area contributed by atoms with Gasteiger partial charge in [-0.05, 0) is 43.4 Å². The molecule has 0 bridgehead atoms. The summed E-state index contributed by atoms with van der Waals surface area (Å²) in [5.74, 6) is -0.0298. The van der Waals surface area contributed by atoms with E-state index in [0.29, 0.717) is 0 Å². The number of hydrogen-bond donors (Lipinski definition) is 3. The van der Waals surface area contributed by atoms with Gasteiger partial charge in [0.05, 0.1) is 12.6 Å². The van der Waals surface area contributed by atoms with Crippen molar-refractivity contribution < 1.29 is 14.6 Å². The Morgan fingerprint density at radius 1 is 1.62 bits per heavy atom. The average Bonchev–Trinajstić information content (AvgIpc) is 3.18. The first kappa shape index (κ1) is 17.0. The molecule has 2 heterocycles. The van der Waals surface area contributed by atoms with Crippen LogP contribution in [0.15, 0.2) is 24.3 Å². The standard InChI is InChI=1S/C18H25N3O3/c1-11-7-12(2)17-13(8-11)9-14(20-17)15-5-4-6-21(15)16(22)10-19-18(23)24-3/h7,9,15,18-20,23H,1,4-6,8,10H2,2-3H3. The lowest BCUT2D eigenvalue weighted by Gasteiger charge is -2.24. The number of aliphatic hydroxyl groups excluding tert-OH is 1. The van der Waals surface area contributed by atoms with Crippen molar-refractivity contribution >= 4 is 11.5 Å². The van der Waals surface area contributed by atoms with Crippen molar-refractivity contribution in [3.8, 4) is 0 Å². The van der Waals surface area contributed by atoms with Crippen LogP contribution in [0, 0.1) is 0 Å². The molecule has 130 valence electrons. The molecule has 1 saturated heterocycles. The van der Waals surface area contributed by atoms with Gasteiger partial charge in [0.1, 0.15) is 0 Å². The Balaban J connectivity index is 1.75. The largest absolute Gasteiger partial charge is 0.357 e. The van der Waals surface area contributed by atoms with E-state index in [1.807, 2.05) is 4.90 Å². The summed E-state index contributed by atoms with van der Waals surface area (Å²) in [4.78, 5) is 17.9. The zero-order chi connectivity index (χ0) is 17.3. The second-order valence-electron chi connectivity index (χ2n) is 6.50. The molecule has 3 rings (SSSR count). The van der Waals surface area contributed by atoms with Crippen LogP contribution in [0.1, 0.15) is 42.8 Å². The zero-order valence-electron chi connectivity index (χ0n) is 14.3. The SMILES string of the molecule is C=C1C=C(C)c2[nH]c(C3CCCN3C(=O)CNC(O)OC)cc2C1. The van der Waals surface area contributed by atoms with Crippen LogP contribution in [-0.2, 0) is 16.0 Å². The van der Waals surface area contributed by atoms with E-state index in [1.54, 1.807) is 0 Å². The third-order valence-electron chi connectivity index (χ3n) is 4.74. The number of amides is 1. The fraction of sp³-hybridized carbons (Fsp3) is 0.500. The number of aromatic nitrogens is 1. The van der Waals surface area contributed by atoms with Crippen molar-refractivity contribution in [1.82, 2.24) is 15.2 Å². The number of nitrogens with zero attached hydrogens (tertiary/aromatic N) is 1. The molecule has 1 amide bonds. The highest BCUT2D eigenvalue weighted by Crippen LogP contribution is 2.36. The Kier molecular flexibility index (Phi) is 4.89. The molecule has 6 heteroatoms. The number of methoxy groups -OCH3 is 1. The van der Waals surface area contributed by atoms with Crippen LogP contribution in [0.4, 0.5) is 0 Å². The lowest BCUT2D eigenvalue weighted by atomic mass is 9.95. The summed E-state index contributed by atoms with van der Waals surface area (Å²) in [6, 6.07) is 2.23. The molecular formula is C18H25N3O3. The maximum atomic E-state index is 12.5. The van der Waals surface area contributed by atoms with E-state index in [1.165, 1.54) is 18.2 Å². The van der Waals surface area contributed by atoms with E-state index in [4.69, 9.17) is 4.74 Å². The Morgan fingerprint density at radius 3 is 3.17 bits per heavy atom. The number of allylic oxidation sites excluding steroid dienone is 3. The predicted octanol–water partition coefficient (Wildman–Crippen LogP) is 1.71. The Bertz CT molecular complexity index is 677. The van der Waals surface area contributed by atoms with Gasteiger partial charge in [-0.3, -0.25) is 10.1 Å². The number of carbonyl (C=O) groups excluding carboxylic acids is 1. The number of rotatable bonds is 5. The highest BCUT2D eigenvalue weighted by Gasteiger charge is 2.32. The van der Waals surface area contributed by atoms with Crippen molar-refractivity contribution in [3.63, 3.8) is 0 Å². The second-order valence-corrected chi connectivity index (χ2v) is 6.50. The van der Waals surface area contributed by atoms with Crippen LogP contribution in [0.25, 0.3) is 5.57 Å². The number of hydrogen-bond acceptors (Lipinski definition) is 4. The Morgan fingerprint density at radius 2 is 2.42 bits per heavy atom. The molecule has 2 unspecified atom stereocenters. The van der Waals surface area contributed by atoms with Crippen molar-refractivity contribution in [2.24, 2.45) is 0 Å². The van der Waals surface area contributed by atoms with E-state index >= 15 is 0 Å². The van der Waals surface area contributed by atoms with Gasteiger partial charge in [0.15, 0.2) is 0 Å². The number of carbonyl (C=O) groups is 1. The zero-order valence-corrected chi connectivity index (χ0v) is 14.3. The normalized spacial score (nSPS) is 21.6. The fourth-order valence-corrected chi connectivity index (χ4v) is 3.61. The predicted molar refractivity (Wildman–Crippen MR) is 92.0 cm³/mol. The summed E-state index contributed by atoms with van der Waals surface area (Å²) in [5, 5.41) is 12.0. The third-order valence-corrected chi connectivity index (χ3v) is 4.74. The second kappa shape index (κ2) is 6.93. The summed E-state index contributed by atoms with van der Waals surface area (Å²) in [5.41, 5.74) is 5.79. The first-order valence-corrected chi connectivity index (χ1v) is 8.31. The molecule has 0 saturated carbocycles. The fourth-order valence-electron chi connectivity index (χ4n) is 3.61. The molecule has 3 N–H and O–H groups in total. The minimum absolute atomic E-state index is 0.0298. The number of aliphatic hydroxyl groups is 1. The molecule has 24 heavy (non-hydrogen) atoms. The highest BCUT2D eigenvalue weighted by molar-refractivity contribution is 5.79. The number of aromatic amines is 1. The molecule has 6 nitrogen and oxygen atoms in total. The Labute approximate surface area is 142 Å². The summed E-state index contributed by atoms with van der Waals surface area (Å²) < 4.78 is 4.70. The van der Waals surface area contributed by atoms with E-state index in [9.17, 15) is 9.90 Å². The van der Waals surface area contributed by atoms with E-state index in [-0.39, 0.29) is 18.5 Å². The van der Waals surface area contributed by atoms with Gasteiger partial charge in [0.2, 0.25) is 12.3 Å². The van der Waals surface area contributed by atoms with Gasteiger partial charge in [-0.15, -0.1) is 0 Å². The van der Waals surface area contributed by atoms with Crippen molar-refractivity contribution in [2.45, 2.75) is 38.6 Å². The number of H-pyrrole nitrogens is 1. The highest BCUT2D eigenvalue weighted by atomic mass is 16.6. The number of nitrogens with one attached hydrogen (secondary N) is 2. The van der Waals surface area contributed by atoms with Gasteiger partial charge in [-0.1, -0.05) is 18.2 Å². The van der Waals surface area contributed by atoms with Crippen LogP contribution in [0.2, 0.25) is 0 Å². The van der Waals surface area contributed by atoms with Gasteiger partial charge in [0, 0.05) is 25.0 Å². The number of ether oxygens (including phenoxy) is 1. The van der Waals surface area contributed by atoms with Crippen LogP contribution < -0.4 is 5.32 Å². The van der Waals surface area contributed by atoms with E-state index in [0.717, 1.165) is 42.8 Å². The van der Waals surface area contributed by atoms with Crippen LogP contribution >= 0.6 is 0 Å². The summed E-state index contributed by atoms with van der Waals surface area (Å²) in [7, 11) is 1.38. The molecule has 0 radical (unpaired) electrons. The summed E-state index contributed by atoms with van der Waals surface area (Å²) >= 11 is 0. The van der Waals surface area contributed by atoms with Gasteiger partial charge in [-0.2, -0.15) is 0 Å². The minimum Gasteiger partial charge on any atom is -0.357 e. The maximum absolute atomic E-state index is 12.5. The minimum atomic E-state index is -1.12. The van der Waals surface area contributed by atoms with Crippen molar-refractivity contribution in [2.75, 3.05) is 20.2 Å². The van der Waals surface area contributed by atoms with Gasteiger partial charge >= 0.3 is 0 Å². The molecule has 1 fully saturated rings. The van der Waals surface area contributed by atoms with Crippen molar-refractivity contribution in [1.29, 1.82) is 0 Å². The molecule has 1 aromatic rings. The number of likely N-dealkylation sites (tertiary alicyclic amines) is 1. The first-order valence-electron chi connectivity index (χ1n) is 8.31. The summed E-state index contributed by atoms with van der Waals surface area (Å²) in [6.07, 6.45) is 3.77. The van der Waals surface area contributed by atoms with Crippen LogP contribution in [-0.4, -0.2) is 47.5 Å². The van der Waals surface area contributed by atoms with Crippen LogP contribution in [0.3, 0.4) is 0 Å². The quantitative estimate of drug-likeness (QED) is 0.718. The van der Waals surface area contributed by atoms with Crippen LogP contribution in [0.5, 0.6) is 0 Å². The lowest BCUT2D eigenvalue weighted by Crippen LogP contribution is -2.42. The van der Waals surface area contributed by atoms with Crippen molar-refractivity contribution in [3.05, 3.63) is 41.2 Å². The lowest BCUT2D eigenvalue weighted by molar-refractivity contribution is -0.136. The van der Waals surface area contributed by atoms with Gasteiger partial charge in [-0.25, -0.2) is 0 Å². The van der Waals surface area contributed by atoms with E-state index < -0.39 is 6.41 Å². The third kappa shape index (κ3) is 3.31. The monoisotopic (exact) mass is 331 g/mol. The summed E-state index contributed by atoms with van der Waals surface area (Å²) in [6.45, 7) is 6.94. The average molecular weight is 331 g/mol. The van der Waals surface area contributed by atoms with Gasteiger partial charge in [0.25, 0.3) is 0 Å². The molecule has 0 spiro atoms. The molecular weight excluding hydrogens is 306 g/mol. The molecule has 1 aliphatic carbocycles. The first-order chi connectivity index (χ1) is 11.5. The topological polar surface area (TPSA) is 77.6 Å².